The van der Waals surface area contributed by atoms with E-state index in [1.807, 2.05) is 49.4 Å². The molecule has 28 heavy (non-hydrogen) atoms. The Hall–Kier alpha value is -2.41. The topological polar surface area (TPSA) is 64.7 Å². The van der Waals surface area contributed by atoms with E-state index in [1.165, 1.54) is 0 Å². The Bertz CT molecular complexity index is 807. The number of amides is 2. The molecule has 2 aromatic rings. The molecule has 2 N–H and O–H groups in total. The van der Waals surface area contributed by atoms with Gasteiger partial charge in [0, 0.05) is 31.9 Å². The van der Waals surface area contributed by atoms with Crippen LogP contribution < -0.4 is 10.6 Å². The van der Waals surface area contributed by atoms with Crippen LogP contribution in [0.3, 0.4) is 0 Å². The molecule has 1 heterocycles. The van der Waals surface area contributed by atoms with Gasteiger partial charge in [-0.2, -0.15) is 0 Å². The van der Waals surface area contributed by atoms with E-state index in [2.05, 4.69) is 20.4 Å². The fourth-order valence-electron chi connectivity index (χ4n) is 3.20. The van der Waals surface area contributed by atoms with Crippen molar-refractivity contribution in [3.8, 4) is 0 Å². The number of halogens is 1. The van der Waals surface area contributed by atoms with E-state index in [1.54, 1.807) is 12.1 Å². The summed E-state index contributed by atoms with van der Waals surface area (Å²) in [5.41, 5.74) is 1.42. The minimum absolute atomic E-state index is 0.0175. The van der Waals surface area contributed by atoms with E-state index >= 15 is 0 Å². The van der Waals surface area contributed by atoms with E-state index in [-0.39, 0.29) is 17.9 Å². The number of nitrogens with zero attached hydrogens (tertiary/aromatic N) is 2. The van der Waals surface area contributed by atoms with Crippen LogP contribution in [0, 0.1) is 0 Å². The second-order valence-electron chi connectivity index (χ2n) is 6.87. The van der Waals surface area contributed by atoms with Crippen LogP contribution in [0.2, 0.25) is 5.02 Å². The first kappa shape index (κ1) is 20.3. The number of hydrogen-bond acceptors (Lipinski definition) is 4. The number of para-hydroxylation sites is 2. The summed E-state index contributed by atoms with van der Waals surface area (Å²) in [6, 6.07) is 16.4. The molecule has 0 saturated carbocycles. The first-order valence-corrected chi connectivity index (χ1v) is 9.77. The zero-order chi connectivity index (χ0) is 19.9. The minimum atomic E-state index is -0.223. The van der Waals surface area contributed by atoms with Gasteiger partial charge < -0.3 is 10.6 Å². The molecule has 0 aliphatic carbocycles. The highest BCUT2D eigenvalue weighted by atomic mass is 35.5. The average Bonchev–Trinajstić information content (AvgIpc) is 2.70. The molecule has 148 valence electrons. The van der Waals surface area contributed by atoms with Gasteiger partial charge in [0.25, 0.3) is 0 Å². The molecule has 2 amide bonds. The molecular weight excluding hydrogens is 376 g/mol. The number of anilines is 2. The number of carbonyl (C=O) groups is 2. The molecule has 1 atom stereocenters. The zero-order valence-corrected chi connectivity index (χ0v) is 16.7. The molecule has 6 nitrogen and oxygen atoms in total. The van der Waals surface area contributed by atoms with Gasteiger partial charge in [-0.1, -0.05) is 41.9 Å². The Morgan fingerprint density at radius 3 is 2.29 bits per heavy atom. The fraction of sp³-hybridized carbons (Fsp3) is 0.333. The summed E-state index contributed by atoms with van der Waals surface area (Å²) in [5, 5.41) is 6.32. The number of carbonyl (C=O) groups excluding carboxylic acids is 2. The van der Waals surface area contributed by atoms with Gasteiger partial charge in [0.15, 0.2) is 0 Å². The van der Waals surface area contributed by atoms with Crippen LogP contribution in [-0.4, -0.2) is 60.4 Å². The highest BCUT2D eigenvalue weighted by Crippen LogP contribution is 2.20. The highest BCUT2D eigenvalue weighted by Gasteiger charge is 2.26. The lowest BCUT2D eigenvalue weighted by Crippen LogP contribution is -2.53. The van der Waals surface area contributed by atoms with Crippen LogP contribution in [0.4, 0.5) is 11.4 Å². The van der Waals surface area contributed by atoms with Crippen molar-refractivity contribution in [1.82, 2.24) is 9.80 Å². The molecule has 0 spiro atoms. The summed E-state index contributed by atoms with van der Waals surface area (Å²) in [6.45, 7) is 5.17. The van der Waals surface area contributed by atoms with Crippen LogP contribution in [0.25, 0.3) is 0 Å². The van der Waals surface area contributed by atoms with Crippen molar-refractivity contribution < 1.29 is 9.59 Å². The normalized spacial score (nSPS) is 16.4. The van der Waals surface area contributed by atoms with Gasteiger partial charge in [-0.3, -0.25) is 19.4 Å². The molecule has 2 aromatic carbocycles. The largest absolute Gasteiger partial charge is 0.325 e. The Kier molecular flexibility index (Phi) is 7.03. The molecule has 0 radical (unpaired) electrons. The predicted molar refractivity (Wildman–Crippen MR) is 113 cm³/mol. The molecule has 0 bridgehead atoms. The maximum atomic E-state index is 12.5. The van der Waals surface area contributed by atoms with Crippen molar-refractivity contribution in [3.63, 3.8) is 0 Å². The van der Waals surface area contributed by atoms with E-state index in [0.717, 1.165) is 31.9 Å². The van der Waals surface area contributed by atoms with Crippen LogP contribution in [-0.2, 0) is 9.59 Å². The van der Waals surface area contributed by atoms with Crippen molar-refractivity contribution in [2.75, 3.05) is 43.4 Å². The molecule has 7 heteroatoms. The lowest BCUT2D eigenvalue weighted by Gasteiger charge is -2.37. The van der Waals surface area contributed by atoms with Crippen molar-refractivity contribution in [2.24, 2.45) is 0 Å². The van der Waals surface area contributed by atoms with Crippen LogP contribution >= 0.6 is 11.6 Å². The summed E-state index contributed by atoms with van der Waals surface area (Å²) < 4.78 is 0. The van der Waals surface area contributed by atoms with Crippen molar-refractivity contribution >= 4 is 34.8 Å². The number of rotatable bonds is 6. The molecular formula is C21H25ClN4O2. The monoisotopic (exact) mass is 400 g/mol. The van der Waals surface area contributed by atoms with Gasteiger partial charge >= 0.3 is 0 Å². The smallest absolute Gasteiger partial charge is 0.241 e. The van der Waals surface area contributed by atoms with Crippen LogP contribution in [0.5, 0.6) is 0 Å². The molecule has 1 saturated heterocycles. The van der Waals surface area contributed by atoms with E-state index in [0.29, 0.717) is 17.3 Å². The van der Waals surface area contributed by atoms with Gasteiger partial charge in [-0.15, -0.1) is 0 Å². The number of benzene rings is 2. The molecule has 0 aromatic heterocycles. The summed E-state index contributed by atoms with van der Waals surface area (Å²) >= 11 is 6.08. The van der Waals surface area contributed by atoms with Crippen molar-refractivity contribution in [1.29, 1.82) is 0 Å². The Balaban J connectivity index is 1.44. The minimum Gasteiger partial charge on any atom is -0.325 e. The third-order valence-corrected chi connectivity index (χ3v) is 5.22. The van der Waals surface area contributed by atoms with Crippen molar-refractivity contribution in [2.45, 2.75) is 13.0 Å². The summed E-state index contributed by atoms with van der Waals surface area (Å²) in [7, 11) is 0. The Morgan fingerprint density at radius 1 is 0.964 bits per heavy atom. The predicted octanol–water partition coefficient (Wildman–Crippen LogP) is 2.92. The van der Waals surface area contributed by atoms with Gasteiger partial charge in [-0.05, 0) is 31.2 Å². The first-order valence-electron chi connectivity index (χ1n) is 9.39. The standard InChI is InChI=1S/C21H25ClN4O2/c1-16(21(28)23-17-7-3-2-4-8-17)26-13-11-25(12-14-26)15-20(27)24-19-10-6-5-9-18(19)22/h2-10,16H,11-15H2,1H3,(H,23,28)(H,24,27)/t16-/m1/s1. The summed E-state index contributed by atoms with van der Waals surface area (Å²) in [5.74, 6) is -0.104. The molecule has 3 rings (SSSR count). The molecule has 1 aliphatic heterocycles. The molecule has 1 fully saturated rings. The molecule has 0 unspecified atom stereocenters. The third kappa shape index (κ3) is 5.55. The SMILES string of the molecule is C[C@H](C(=O)Nc1ccccc1)N1CCN(CC(=O)Nc2ccccc2Cl)CC1. The lowest BCUT2D eigenvalue weighted by molar-refractivity contribution is -0.122. The quantitative estimate of drug-likeness (QED) is 0.782. The maximum absolute atomic E-state index is 12.5. The maximum Gasteiger partial charge on any atom is 0.241 e. The lowest BCUT2D eigenvalue weighted by atomic mass is 10.2. The zero-order valence-electron chi connectivity index (χ0n) is 15.9. The van der Waals surface area contributed by atoms with E-state index < -0.39 is 0 Å². The first-order chi connectivity index (χ1) is 13.5. The number of piperazine rings is 1. The van der Waals surface area contributed by atoms with E-state index in [9.17, 15) is 9.59 Å². The number of nitrogens with one attached hydrogen (secondary N) is 2. The van der Waals surface area contributed by atoms with Crippen molar-refractivity contribution in [3.05, 3.63) is 59.6 Å². The Morgan fingerprint density at radius 2 is 1.61 bits per heavy atom. The van der Waals surface area contributed by atoms with Gasteiger partial charge in [0.05, 0.1) is 23.3 Å². The second-order valence-corrected chi connectivity index (χ2v) is 7.28. The van der Waals surface area contributed by atoms with Crippen LogP contribution in [0.1, 0.15) is 6.92 Å². The van der Waals surface area contributed by atoms with Crippen LogP contribution in [0.15, 0.2) is 54.6 Å². The Labute approximate surface area is 170 Å². The number of hydrogen-bond donors (Lipinski definition) is 2. The third-order valence-electron chi connectivity index (χ3n) is 4.89. The summed E-state index contributed by atoms with van der Waals surface area (Å²) in [4.78, 5) is 29.0. The van der Waals surface area contributed by atoms with Gasteiger partial charge in [-0.25, -0.2) is 0 Å². The molecule has 1 aliphatic rings. The second kappa shape index (κ2) is 9.68. The van der Waals surface area contributed by atoms with E-state index in [4.69, 9.17) is 11.6 Å². The van der Waals surface area contributed by atoms with Gasteiger partial charge in [0.1, 0.15) is 0 Å². The fourth-order valence-corrected chi connectivity index (χ4v) is 3.38. The summed E-state index contributed by atoms with van der Waals surface area (Å²) in [6.07, 6.45) is 0. The average molecular weight is 401 g/mol. The van der Waals surface area contributed by atoms with Gasteiger partial charge in [0.2, 0.25) is 11.8 Å². The highest BCUT2D eigenvalue weighted by molar-refractivity contribution is 6.33.